The van der Waals surface area contributed by atoms with Crippen LogP contribution in [0.1, 0.15) is 18.4 Å². The third-order valence-corrected chi connectivity index (χ3v) is 5.06. The fourth-order valence-corrected chi connectivity index (χ4v) is 3.57. The molecule has 0 saturated carbocycles. The highest BCUT2D eigenvalue weighted by Crippen LogP contribution is 2.19. The Balaban J connectivity index is 2.22. The number of likely N-dealkylation sites (N-methyl/N-ethyl adjacent to an activating group) is 1. The largest absolute Gasteiger partial charge is 0.316 e. The Hall–Kier alpha value is -0.980. The van der Waals surface area contributed by atoms with E-state index in [2.05, 4.69) is 10.3 Å². The molecule has 0 unspecified atom stereocenters. The summed E-state index contributed by atoms with van der Waals surface area (Å²) in [5, 5.41) is 3.28. The number of hydrogen-bond acceptors (Lipinski definition) is 4. The second-order valence-corrected chi connectivity index (χ2v) is 6.55. The van der Waals surface area contributed by atoms with Gasteiger partial charge in [0.15, 0.2) is 5.03 Å². The molecule has 1 aromatic heterocycles. The first-order valence-corrected chi connectivity index (χ1v) is 7.58. The molecule has 0 amide bonds. The molecule has 1 N–H and O–H groups in total. The molecule has 2 heterocycles. The van der Waals surface area contributed by atoms with Crippen LogP contribution in [0.15, 0.2) is 23.4 Å². The van der Waals surface area contributed by atoms with Gasteiger partial charge in [0, 0.05) is 25.3 Å². The minimum absolute atomic E-state index is 0.143. The van der Waals surface area contributed by atoms with Crippen LogP contribution in [0.5, 0.6) is 0 Å². The summed E-state index contributed by atoms with van der Waals surface area (Å²) >= 11 is 0. The number of pyridine rings is 1. The van der Waals surface area contributed by atoms with Gasteiger partial charge in [-0.3, -0.25) is 0 Å². The van der Waals surface area contributed by atoms with Gasteiger partial charge in [-0.15, -0.1) is 0 Å². The number of aromatic nitrogens is 1. The van der Waals surface area contributed by atoms with Gasteiger partial charge < -0.3 is 5.32 Å². The van der Waals surface area contributed by atoms with E-state index in [-0.39, 0.29) is 11.1 Å². The molecule has 0 aromatic carbocycles. The third kappa shape index (κ3) is 2.71. The first kappa shape index (κ1) is 13.5. The highest BCUT2D eigenvalue weighted by Gasteiger charge is 2.30. The van der Waals surface area contributed by atoms with E-state index < -0.39 is 10.0 Å². The van der Waals surface area contributed by atoms with E-state index in [9.17, 15) is 8.42 Å². The summed E-state index contributed by atoms with van der Waals surface area (Å²) in [4.78, 5) is 4.03. The maximum atomic E-state index is 12.4. The van der Waals surface area contributed by atoms with E-state index in [1.165, 1.54) is 4.31 Å². The summed E-state index contributed by atoms with van der Waals surface area (Å²) in [6, 6.07) is 3.59. The van der Waals surface area contributed by atoms with Crippen molar-refractivity contribution in [1.29, 1.82) is 0 Å². The quantitative estimate of drug-likeness (QED) is 0.880. The van der Waals surface area contributed by atoms with Gasteiger partial charge in [0.25, 0.3) is 10.0 Å². The van der Waals surface area contributed by atoms with Crippen LogP contribution in [0.3, 0.4) is 0 Å². The van der Waals surface area contributed by atoms with Gasteiger partial charge in [-0.05, 0) is 38.4 Å². The van der Waals surface area contributed by atoms with Gasteiger partial charge in [-0.1, -0.05) is 6.07 Å². The highest BCUT2D eigenvalue weighted by atomic mass is 32.2. The predicted molar refractivity (Wildman–Crippen MR) is 69.8 cm³/mol. The van der Waals surface area contributed by atoms with E-state index in [0.717, 1.165) is 18.4 Å². The van der Waals surface area contributed by atoms with Gasteiger partial charge in [0.05, 0.1) is 0 Å². The van der Waals surface area contributed by atoms with Gasteiger partial charge in [0.1, 0.15) is 0 Å². The van der Waals surface area contributed by atoms with Crippen LogP contribution in [0, 0.1) is 6.92 Å². The summed E-state index contributed by atoms with van der Waals surface area (Å²) in [6.45, 7) is 2.99. The zero-order valence-corrected chi connectivity index (χ0v) is 11.6. The summed E-state index contributed by atoms with van der Waals surface area (Å²) in [6.07, 6.45) is 3.49. The van der Waals surface area contributed by atoms with Crippen molar-refractivity contribution in [2.24, 2.45) is 0 Å². The molecule has 0 bridgehead atoms. The number of sulfonamides is 1. The predicted octanol–water partition coefficient (Wildman–Crippen LogP) is 0.763. The Kier molecular flexibility index (Phi) is 3.99. The van der Waals surface area contributed by atoms with E-state index in [0.29, 0.717) is 13.1 Å². The van der Waals surface area contributed by atoms with Crippen molar-refractivity contribution in [2.45, 2.75) is 30.8 Å². The van der Waals surface area contributed by atoms with E-state index >= 15 is 0 Å². The molecule has 0 aliphatic carbocycles. The lowest BCUT2D eigenvalue weighted by atomic mass is 10.1. The van der Waals surface area contributed by atoms with Crippen molar-refractivity contribution < 1.29 is 8.42 Å². The maximum absolute atomic E-state index is 12.4. The molecular weight excluding hydrogens is 250 g/mol. The number of aryl methyl sites for hydroxylation is 1. The summed E-state index contributed by atoms with van der Waals surface area (Å²) in [7, 11) is -1.57. The molecule has 1 atom stereocenters. The topological polar surface area (TPSA) is 62.3 Å². The summed E-state index contributed by atoms with van der Waals surface area (Å²) in [5.74, 6) is 0. The van der Waals surface area contributed by atoms with Crippen molar-refractivity contribution in [1.82, 2.24) is 14.6 Å². The van der Waals surface area contributed by atoms with Gasteiger partial charge in [-0.25, -0.2) is 13.4 Å². The van der Waals surface area contributed by atoms with Crippen LogP contribution >= 0.6 is 0 Å². The average Bonchev–Trinajstić information content (AvgIpc) is 2.39. The number of nitrogens with zero attached hydrogens (tertiary/aromatic N) is 2. The van der Waals surface area contributed by atoms with Crippen LogP contribution in [-0.4, -0.2) is 43.9 Å². The normalized spacial score (nSPS) is 22.0. The molecule has 100 valence electrons. The van der Waals surface area contributed by atoms with Crippen molar-refractivity contribution in [3.05, 3.63) is 23.9 Å². The first-order chi connectivity index (χ1) is 8.54. The van der Waals surface area contributed by atoms with Crippen LogP contribution in [0.4, 0.5) is 0 Å². The number of nitrogens with one attached hydrogen (secondary N) is 1. The molecule has 1 aromatic rings. The first-order valence-electron chi connectivity index (χ1n) is 6.14. The maximum Gasteiger partial charge on any atom is 0.260 e. The van der Waals surface area contributed by atoms with Crippen LogP contribution in [0.25, 0.3) is 0 Å². The number of piperidine rings is 1. The van der Waals surface area contributed by atoms with E-state index in [1.54, 1.807) is 18.3 Å². The number of hydrogen-bond donors (Lipinski definition) is 1. The second kappa shape index (κ2) is 5.34. The Morgan fingerprint density at radius 1 is 1.44 bits per heavy atom. The van der Waals surface area contributed by atoms with Crippen LogP contribution < -0.4 is 5.32 Å². The Labute approximate surface area is 108 Å². The lowest BCUT2D eigenvalue weighted by molar-refractivity contribution is 0.292. The van der Waals surface area contributed by atoms with Gasteiger partial charge >= 0.3 is 0 Å². The van der Waals surface area contributed by atoms with Gasteiger partial charge in [0.2, 0.25) is 0 Å². The highest BCUT2D eigenvalue weighted by molar-refractivity contribution is 7.89. The van der Waals surface area contributed by atoms with Crippen LogP contribution in [0.2, 0.25) is 0 Å². The zero-order valence-electron chi connectivity index (χ0n) is 10.8. The molecular formula is C12H19N3O2S. The average molecular weight is 269 g/mol. The SMILES string of the molecule is CN[C@@H]1CCCN(S(=O)(=O)c2ccc(C)cn2)C1. The fourth-order valence-electron chi connectivity index (χ4n) is 2.14. The fraction of sp³-hybridized carbons (Fsp3) is 0.583. The minimum atomic E-state index is -3.44. The third-order valence-electron chi connectivity index (χ3n) is 3.28. The lowest BCUT2D eigenvalue weighted by Gasteiger charge is -2.31. The molecule has 1 aliphatic rings. The van der Waals surface area contributed by atoms with Crippen LogP contribution in [-0.2, 0) is 10.0 Å². The van der Waals surface area contributed by atoms with Gasteiger partial charge in [-0.2, -0.15) is 4.31 Å². The minimum Gasteiger partial charge on any atom is -0.316 e. The molecule has 2 rings (SSSR count). The number of rotatable bonds is 3. The van der Waals surface area contributed by atoms with E-state index in [1.807, 2.05) is 14.0 Å². The lowest BCUT2D eigenvalue weighted by Crippen LogP contribution is -2.47. The van der Waals surface area contributed by atoms with Crippen molar-refractivity contribution in [3.8, 4) is 0 Å². The zero-order chi connectivity index (χ0) is 13.2. The molecule has 6 heteroatoms. The summed E-state index contributed by atoms with van der Waals surface area (Å²) < 4.78 is 26.3. The Morgan fingerprint density at radius 3 is 2.83 bits per heavy atom. The molecule has 1 aliphatic heterocycles. The monoisotopic (exact) mass is 269 g/mol. The molecule has 5 nitrogen and oxygen atoms in total. The van der Waals surface area contributed by atoms with Crippen molar-refractivity contribution in [2.75, 3.05) is 20.1 Å². The molecule has 0 spiro atoms. The Bertz CT molecular complexity index is 499. The molecule has 18 heavy (non-hydrogen) atoms. The summed E-state index contributed by atoms with van der Waals surface area (Å²) in [5.41, 5.74) is 0.959. The molecule has 1 saturated heterocycles. The standard InChI is InChI=1S/C12H19N3O2S/c1-10-5-6-12(14-8-10)18(16,17)15-7-3-4-11(9-15)13-2/h5-6,8,11,13H,3-4,7,9H2,1-2H3/t11-/m1/s1. The smallest absolute Gasteiger partial charge is 0.260 e. The van der Waals surface area contributed by atoms with Crippen molar-refractivity contribution >= 4 is 10.0 Å². The molecule has 0 radical (unpaired) electrons. The van der Waals surface area contributed by atoms with E-state index in [4.69, 9.17) is 0 Å². The Morgan fingerprint density at radius 2 is 2.22 bits per heavy atom. The molecule has 1 fully saturated rings. The second-order valence-electron chi connectivity index (χ2n) is 4.66. The van der Waals surface area contributed by atoms with Crippen molar-refractivity contribution in [3.63, 3.8) is 0 Å².